The molecule has 90 valence electrons. The first-order chi connectivity index (χ1) is 8.61. The van der Waals surface area contributed by atoms with Crippen LogP contribution in [-0.4, -0.2) is 12.1 Å². The fourth-order valence-electron chi connectivity index (χ4n) is 1.96. The van der Waals surface area contributed by atoms with Crippen molar-refractivity contribution in [2.24, 2.45) is 0 Å². The summed E-state index contributed by atoms with van der Waals surface area (Å²) in [7, 11) is 0. The van der Waals surface area contributed by atoms with Crippen LogP contribution in [0.25, 0.3) is 16.8 Å². The first-order valence-corrected chi connectivity index (χ1v) is 5.79. The molecule has 0 aromatic heterocycles. The number of hydrogen-bond acceptors (Lipinski definition) is 2. The predicted octanol–water partition coefficient (Wildman–Crippen LogP) is 3.56. The summed E-state index contributed by atoms with van der Waals surface area (Å²) in [6.45, 7) is 3.44. The Morgan fingerprint density at radius 3 is 2.61 bits per heavy atom. The number of benzene rings is 2. The molecule has 0 N–H and O–H groups in total. The lowest BCUT2D eigenvalue weighted by Gasteiger charge is -2.05. The second kappa shape index (κ2) is 4.96. The van der Waals surface area contributed by atoms with Gasteiger partial charge in [0.2, 0.25) is 0 Å². The highest BCUT2D eigenvalue weighted by molar-refractivity contribution is 6.00. The standard InChI is InChI=1S/C16H14O2/c1-11-3-7-14-9-13(5-4-12(2)18)6-8-15(14)16(11)10-17/h3-10H,1-2H3/b5-4+. The Morgan fingerprint density at radius 1 is 1.17 bits per heavy atom. The molecule has 0 bridgehead atoms. The van der Waals surface area contributed by atoms with Crippen LogP contribution < -0.4 is 0 Å². The van der Waals surface area contributed by atoms with Gasteiger partial charge >= 0.3 is 0 Å². The zero-order valence-electron chi connectivity index (χ0n) is 10.4. The summed E-state index contributed by atoms with van der Waals surface area (Å²) >= 11 is 0. The van der Waals surface area contributed by atoms with E-state index < -0.39 is 0 Å². The van der Waals surface area contributed by atoms with Gasteiger partial charge in [0.1, 0.15) is 0 Å². The number of aldehydes is 1. The molecule has 0 atom stereocenters. The maximum absolute atomic E-state index is 11.1. The van der Waals surface area contributed by atoms with Crippen LogP contribution in [0.5, 0.6) is 0 Å². The molecular weight excluding hydrogens is 224 g/mol. The summed E-state index contributed by atoms with van der Waals surface area (Å²) in [6, 6.07) is 9.73. The van der Waals surface area contributed by atoms with Crippen molar-refractivity contribution in [3.05, 3.63) is 53.1 Å². The molecule has 0 aliphatic heterocycles. The molecule has 0 amide bonds. The number of carbonyl (C=O) groups is 2. The summed E-state index contributed by atoms with van der Waals surface area (Å²) in [5.41, 5.74) is 2.66. The Kier molecular flexibility index (Phi) is 3.38. The third-order valence-corrected chi connectivity index (χ3v) is 2.93. The van der Waals surface area contributed by atoms with Crippen molar-refractivity contribution in [2.75, 3.05) is 0 Å². The van der Waals surface area contributed by atoms with E-state index in [0.717, 1.165) is 33.7 Å². The van der Waals surface area contributed by atoms with Crippen molar-refractivity contribution in [1.82, 2.24) is 0 Å². The van der Waals surface area contributed by atoms with Gasteiger partial charge in [-0.2, -0.15) is 0 Å². The van der Waals surface area contributed by atoms with Crippen LogP contribution >= 0.6 is 0 Å². The lowest BCUT2D eigenvalue weighted by atomic mass is 9.99. The van der Waals surface area contributed by atoms with E-state index in [2.05, 4.69) is 0 Å². The van der Waals surface area contributed by atoms with E-state index in [4.69, 9.17) is 0 Å². The molecule has 0 aliphatic carbocycles. The number of fused-ring (bicyclic) bond motifs is 1. The van der Waals surface area contributed by atoms with E-state index in [1.54, 1.807) is 6.08 Å². The normalized spacial score (nSPS) is 11.0. The average Bonchev–Trinajstić information content (AvgIpc) is 2.36. The molecule has 18 heavy (non-hydrogen) atoms. The van der Waals surface area contributed by atoms with Crippen LogP contribution in [0.15, 0.2) is 36.4 Å². The molecule has 0 saturated heterocycles. The molecule has 0 aliphatic rings. The monoisotopic (exact) mass is 238 g/mol. The Morgan fingerprint density at radius 2 is 1.94 bits per heavy atom. The second-order valence-corrected chi connectivity index (χ2v) is 4.34. The Hall–Kier alpha value is -2.22. The molecule has 0 fully saturated rings. The fraction of sp³-hybridized carbons (Fsp3) is 0.125. The molecule has 0 spiro atoms. The summed E-state index contributed by atoms with van der Waals surface area (Å²) in [4.78, 5) is 22.0. The molecule has 0 unspecified atom stereocenters. The van der Waals surface area contributed by atoms with Gasteiger partial charge in [-0.1, -0.05) is 30.3 Å². The first-order valence-electron chi connectivity index (χ1n) is 5.79. The van der Waals surface area contributed by atoms with Gasteiger partial charge in [-0.15, -0.1) is 0 Å². The summed E-state index contributed by atoms with van der Waals surface area (Å²) in [5, 5.41) is 1.96. The van der Waals surface area contributed by atoms with Crippen molar-refractivity contribution >= 4 is 28.9 Å². The smallest absolute Gasteiger partial charge is 0.152 e. The lowest BCUT2D eigenvalue weighted by molar-refractivity contribution is -0.112. The quantitative estimate of drug-likeness (QED) is 0.605. The van der Waals surface area contributed by atoms with Gasteiger partial charge in [0.05, 0.1) is 0 Å². The van der Waals surface area contributed by atoms with Crippen LogP contribution in [0.3, 0.4) is 0 Å². The highest BCUT2D eigenvalue weighted by Gasteiger charge is 2.03. The van der Waals surface area contributed by atoms with Crippen molar-refractivity contribution < 1.29 is 9.59 Å². The third-order valence-electron chi connectivity index (χ3n) is 2.93. The van der Waals surface area contributed by atoms with Crippen LogP contribution in [0.1, 0.15) is 28.4 Å². The van der Waals surface area contributed by atoms with Gasteiger partial charge in [-0.25, -0.2) is 0 Å². The number of ketones is 1. The zero-order chi connectivity index (χ0) is 13.1. The molecular formula is C16H14O2. The summed E-state index contributed by atoms with van der Waals surface area (Å²) in [6.07, 6.45) is 4.21. The van der Waals surface area contributed by atoms with Gasteiger partial charge < -0.3 is 0 Å². The van der Waals surface area contributed by atoms with Gasteiger partial charge in [-0.05, 0) is 47.9 Å². The van der Waals surface area contributed by atoms with Crippen molar-refractivity contribution in [3.8, 4) is 0 Å². The van der Waals surface area contributed by atoms with E-state index >= 15 is 0 Å². The van der Waals surface area contributed by atoms with Crippen LogP contribution in [0.2, 0.25) is 0 Å². The summed E-state index contributed by atoms with van der Waals surface area (Å²) < 4.78 is 0. The Labute approximate surface area is 106 Å². The van der Waals surface area contributed by atoms with Crippen LogP contribution in [0.4, 0.5) is 0 Å². The van der Waals surface area contributed by atoms with Gasteiger partial charge in [0.25, 0.3) is 0 Å². The van der Waals surface area contributed by atoms with E-state index in [1.165, 1.54) is 13.0 Å². The van der Waals surface area contributed by atoms with E-state index in [-0.39, 0.29) is 5.78 Å². The molecule has 0 heterocycles. The van der Waals surface area contributed by atoms with Gasteiger partial charge in [0, 0.05) is 5.56 Å². The number of aryl methyl sites for hydroxylation is 1. The van der Waals surface area contributed by atoms with Crippen LogP contribution in [-0.2, 0) is 4.79 Å². The van der Waals surface area contributed by atoms with E-state index in [9.17, 15) is 9.59 Å². The largest absolute Gasteiger partial charge is 0.298 e. The van der Waals surface area contributed by atoms with Crippen LogP contribution in [0, 0.1) is 6.92 Å². The third kappa shape index (κ3) is 2.38. The average molecular weight is 238 g/mol. The highest BCUT2D eigenvalue weighted by atomic mass is 16.1. The van der Waals surface area contributed by atoms with E-state index in [0.29, 0.717) is 0 Å². The molecule has 0 radical (unpaired) electrons. The van der Waals surface area contributed by atoms with Crippen molar-refractivity contribution in [1.29, 1.82) is 0 Å². The number of hydrogen-bond donors (Lipinski definition) is 0. The topological polar surface area (TPSA) is 34.1 Å². The minimum absolute atomic E-state index is 0.0209. The molecule has 2 heteroatoms. The number of rotatable bonds is 3. The van der Waals surface area contributed by atoms with Gasteiger partial charge in [-0.3, -0.25) is 9.59 Å². The zero-order valence-corrected chi connectivity index (χ0v) is 10.4. The number of carbonyl (C=O) groups excluding carboxylic acids is 2. The molecule has 2 aromatic carbocycles. The molecule has 2 rings (SSSR count). The maximum Gasteiger partial charge on any atom is 0.152 e. The second-order valence-electron chi connectivity index (χ2n) is 4.34. The molecule has 2 nitrogen and oxygen atoms in total. The maximum atomic E-state index is 11.1. The Balaban J connectivity index is 2.57. The fourth-order valence-corrected chi connectivity index (χ4v) is 1.96. The minimum atomic E-state index is 0.0209. The SMILES string of the molecule is CC(=O)/C=C/c1ccc2c(C=O)c(C)ccc2c1. The minimum Gasteiger partial charge on any atom is -0.298 e. The van der Waals surface area contributed by atoms with Gasteiger partial charge in [0.15, 0.2) is 12.1 Å². The number of allylic oxidation sites excluding steroid dienone is 1. The molecule has 0 saturated carbocycles. The lowest BCUT2D eigenvalue weighted by Crippen LogP contribution is -1.89. The predicted molar refractivity (Wildman–Crippen MR) is 73.8 cm³/mol. The van der Waals surface area contributed by atoms with Crippen molar-refractivity contribution in [2.45, 2.75) is 13.8 Å². The first kappa shape index (κ1) is 12.2. The highest BCUT2D eigenvalue weighted by Crippen LogP contribution is 2.22. The summed E-state index contributed by atoms with van der Waals surface area (Å²) in [5.74, 6) is 0.0209. The molecule has 2 aromatic rings. The van der Waals surface area contributed by atoms with E-state index in [1.807, 2.05) is 37.3 Å². The van der Waals surface area contributed by atoms with Crippen molar-refractivity contribution in [3.63, 3.8) is 0 Å². The Bertz CT molecular complexity index is 651.